The Morgan fingerprint density at radius 3 is 1.80 bits per heavy atom. The summed E-state index contributed by atoms with van der Waals surface area (Å²) in [5.74, 6) is 0.231. The van der Waals surface area contributed by atoms with Crippen molar-refractivity contribution in [3.05, 3.63) is 0 Å². The van der Waals surface area contributed by atoms with Crippen LogP contribution in [0.4, 0.5) is 17.3 Å². The van der Waals surface area contributed by atoms with E-state index in [2.05, 4.69) is 9.97 Å². The first-order chi connectivity index (χ1) is 4.61. The van der Waals surface area contributed by atoms with Crippen LogP contribution >= 0.6 is 0 Å². The minimum Gasteiger partial charge on any atom is -0.393 e. The molecule has 0 saturated heterocycles. The molecular formula is C4H6BN5. The van der Waals surface area contributed by atoms with Crippen molar-refractivity contribution in [1.29, 1.82) is 0 Å². The molecule has 6 heteroatoms. The van der Waals surface area contributed by atoms with E-state index in [1.54, 1.807) is 0 Å². The smallest absolute Gasteiger partial charge is 0.170 e. The second-order valence-electron chi connectivity index (χ2n) is 1.77. The van der Waals surface area contributed by atoms with Crippen LogP contribution < -0.4 is 22.9 Å². The van der Waals surface area contributed by atoms with E-state index in [0.717, 1.165) is 0 Å². The second kappa shape index (κ2) is 2.05. The highest BCUT2D eigenvalue weighted by atomic mass is 15.0. The van der Waals surface area contributed by atoms with Crippen LogP contribution in [0.1, 0.15) is 0 Å². The van der Waals surface area contributed by atoms with Crippen molar-refractivity contribution in [3.63, 3.8) is 0 Å². The molecule has 0 saturated carbocycles. The predicted molar refractivity (Wildman–Crippen MR) is 40.7 cm³/mol. The molecular weight excluding hydrogens is 129 g/mol. The molecule has 1 rings (SSSR count). The molecule has 0 bridgehead atoms. The van der Waals surface area contributed by atoms with Crippen molar-refractivity contribution < 1.29 is 0 Å². The van der Waals surface area contributed by atoms with Gasteiger partial charge in [0.25, 0.3) is 0 Å². The Balaban J connectivity index is 3.31. The molecule has 0 atom stereocenters. The number of hydrogen-bond donors (Lipinski definition) is 3. The molecule has 2 radical (unpaired) electrons. The minimum atomic E-state index is 0.0317. The molecule has 0 aliphatic carbocycles. The summed E-state index contributed by atoms with van der Waals surface area (Å²) in [5.41, 5.74) is 16.1. The number of rotatable bonds is 0. The van der Waals surface area contributed by atoms with Crippen molar-refractivity contribution in [1.82, 2.24) is 9.97 Å². The van der Waals surface area contributed by atoms with Crippen molar-refractivity contribution >= 4 is 30.9 Å². The van der Waals surface area contributed by atoms with E-state index in [4.69, 9.17) is 25.0 Å². The van der Waals surface area contributed by atoms with Crippen LogP contribution in [0.25, 0.3) is 0 Å². The average Bonchev–Trinajstić information content (AvgIpc) is 1.82. The van der Waals surface area contributed by atoms with Crippen molar-refractivity contribution in [2.75, 3.05) is 17.2 Å². The zero-order chi connectivity index (χ0) is 7.72. The number of nitrogens with two attached hydrogens (primary N) is 3. The van der Waals surface area contributed by atoms with E-state index >= 15 is 0 Å². The molecule has 1 aromatic heterocycles. The van der Waals surface area contributed by atoms with Crippen LogP contribution in [0.2, 0.25) is 0 Å². The first kappa shape index (κ1) is 6.66. The number of aromatic nitrogens is 2. The predicted octanol–water partition coefficient (Wildman–Crippen LogP) is -1.98. The molecule has 0 amide bonds. The van der Waals surface area contributed by atoms with Gasteiger partial charge in [0, 0.05) is 0 Å². The summed E-state index contributed by atoms with van der Waals surface area (Å²) >= 11 is 0. The first-order valence-corrected chi connectivity index (χ1v) is 2.55. The van der Waals surface area contributed by atoms with E-state index in [-0.39, 0.29) is 23.0 Å². The monoisotopic (exact) mass is 135 g/mol. The molecule has 0 fully saturated rings. The van der Waals surface area contributed by atoms with Gasteiger partial charge in [0.05, 0.1) is 5.72 Å². The zero-order valence-corrected chi connectivity index (χ0v) is 5.20. The normalized spacial score (nSPS) is 9.60. The third-order valence-corrected chi connectivity index (χ3v) is 1.02. The number of nitrogen functional groups attached to an aromatic ring is 3. The summed E-state index contributed by atoms with van der Waals surface area (Å²) < 4.78 is 0. The fourth-order valence-electron chi connectivity index (χ4n) is 0.523. The molecule has 50 valence electrons. The summed E-state index contributed by atoms with van der Waals surface area (Å²) in [7, 11) is 5.19. The van der Waals surface area contributed by atoms with Crippen LogP contribution in [0.15, 0.2) is 0 Å². The fraction of sp³-hybridized carbons (Fsp3) is 0. The Bertz CT molecular complexity index is 237. The lowest BCUT2D eigenvalue weighted by molar-refractivity contribution is 1.26. The fourth-order valence-corrected chi connectivity index (χ4v) is 0.523. The van der Waals surface area contributed by atoms with Gasteiger partial charge in [0.15, 0.2) is 19.5 Å². The van der Waals surface area contributed by atoms with Gasteiger partial charge in [0.2, 0.25) is 0 Å². The quantitative estimate of drug-likeness (QED) is 0.357. The zero-order valence-electron chi connectivity index (χ0n) is 5.20. The second-order valence-corrected chi connectivity index (χ2v) is 1.77. The molecule has 5 nitrogen and oxygen atoms in total. The molecule has 0 aliphatic rings. The maximum absolute atomic E-state index is 5.32. The van der Waals surface area contributed by atoms with Gasteiger partial charge >= 0.3 is 0 Å². The molecule has 1 heterocycles. The van der Waals surface area contributed by atoms with Crippen LogP contribution in [0.3, 0.4) is 0 Å². The number of anilines is 3. The molecule has 0 aliphatic heterocycles. The summed E-state index contributed by atoms with van der Waals surface area (Å²) in [6.07, 6.45) is 0. The maximum atomic E-state index is 5.32. The van der Waals surface area contributed by atoms with E-state index in [9.17, 15) is 0 Å². The SMILES string of the molecule is [B]c1nc(N)c(N)c(N)n1. The van der Waals surface area contributed by atoms with Crippen LogP contribution in [0.5, 0.6) is 0 Å². The van der Waals surface area contributed by atoms with Gasteiger partial charge in [-0.2, -0.15) is 0 Å². The Morgan fingerprint density at radius 2 is 1.40 bits per heavy atom. The Hall–Kier alpha value is -1.46. The molecule has 10 heavy (non-hydrogen) atoms. The van der Waals surface area contributed by atoms with Gasteiger partial charge in [0.1, 0.15) is 5.69 Å². The highest BCUT2D eigenvalue weighted by Gasteiger charge is 2.01. The van der Waals surface area contributed by atoms with Gasteiger partial charge in [-0.15, -0.1) is 0 Å². The van der Waals surface area contributed by atoms with Gasteiger partial charge in [-0.25, -0.2) is 9.97 Å². The average molecular weight is 135 g/mol. The minimum absolute atomic E-state index is 0.0317. The van der Waals surface area contributed by atoms with Gasteiger partial charge in [-0.3, -0.25) is 0 Å². The first-order valence-electron chi connectivity index (χ1n) is 2.55. The van der Waals surface area contributed by atoms with Crippen molar-refractivity contribution in [3.8, 4) is 0 Å². The molecule has 6 N–H and O–H groups in total. The highest BCUT2D eigenvalue weighted by Crippen LogP contribution is 2.13. The lowest BCUT2D eigenvalue weighted by atomic mass is 10.1. The lowest BCUT2D eigenvalue weighted by Gasteiger charge is -2.02. The highest BCUT2D eigenvalue weighted by molar-refractivity contribution is 6.29. The third kappa shape index (κ3) is 0.951. The van der Waals surface area contributed by atoms with Crippen LogP contribution in [-0.4, -0.2) is 17.8 Å². The summed E-state index contributed by atoms with van der Waals surface area (Å²) in [6, 6.07) is 0. The summed E-state index contributed by atoms with van der Waals surface area (Å²) in [5, 5.41) is 0. The molecule has 0 spiro atoms. The van der Waals surface area contributed by atoms with E-state index in [0.29, 0.717) is 0 Å². The Kier molecular flexibility index (Phi) is 1.37. The van der Waals surface area contributed by atoms with E-state index in [1.165, 1.54) is 0 Å². The van der Waals surface area contributed by atoms with Crippen LogP contribution in [0, 0.1) is 0 Å². The van der Waals surface area contributed by atoms with Crippen molar-refractivity contribution in [2.24, 2.45) is 0 Å². The van der Waals surface area contributed by atoms with Gasteiger partial charge < -0.3 is 17.2 Å². The number of nitrogens with zero attached hydrogens (tertiary/aromatic N) is 2. The summed E-state index contributed by atoms with van der Waals surface area (Å²) in [4.78, 5) is 7.15. The maximum Gasteiger partial charge on any atom is 0.170 e. The largest absolute Gasteiger partial charge is 0.393 e. The molecule has 1 aromatic rings. The Morgan fingerprint density at radius 1 is 1.00 bits per heavy atom. The molecule has 0 aromatic carbocycles. The standard InChI is InChI=1S/C4H6BN5/c5-4-9-2(7)1(6)3(8)10-4/h6H2,(H4,7,8,9,10). The van der Waals surface area contributed by atoms with E-state index < -0.39 is 0 Å². The third-order valence-electron chi connectivity index (χ3n) is 1.02. The van der Waals surface area contributed by atoms with Gasteiger partial charge in [-0.1, -0.05) is 0 Å². The van der Waals surface area contributed by atoms with Crippen LogP contribution in [-0.2, 0) is 0 Å². The van der Waals surface area contributed by atoms with Gasteiger partial charge in [-0.05, 0) is 0 Å². The van der Waals surface area contributed by atoms with Crippen molar-refractivity contribution in [2.45, 2.75) is 0 Å². The summed E-state index contributed by atoms with van der Waals surface area (Å²) in [6.45, 7) is 0. The lowest BCUT2D eigenvalue weighted by Crippen LogP contribution is -2.19. The topological polar surface area (TPSA) is 104 Å². The molecule has 0 unspecified atom stereocenters. The van der Waals surface area contributed by atoms with E-state index in [1.807, 2.05) is 0 Å². The Labute approximate surface area is 59.0 Å². The number of hydrogen-bond acceptors (Lipinski definition) is 5.